The van der Waals surface area contributed by atoms with Crippen molar-refractivity contribution in [3.05, 3.63) is 54.6 Å². The zero-order valence-electron chi connectivity index (χ0n) is 11.1. The third kappa shape index (κ3) is 3.36. The van der Waals surface area contributed by atoms with E-state index in [4.69, 9.17) is 4.74 Å². The van der Waals surface area contributed by atoms with Crippen molar-refractivity contribution >= 4 is 0 Å². The number of rotatable bonds is 5. The van der Waals surface area contributed by atoms with Crippen LogP contribution in [0, 0.1) is 5.92 Å². The quantitative estimate of drug-likeness (QED) is 0.731. The third-order valence-electron chi connectivity index (χ3n) is 3.19. The topological polar surface area (TPSA) is 9.23 Å². The third-order valence-corrected chi connectivity index (χ3v) is 3.19. The Balaban J connectivity index is 2.02. The molecule has 0 radical (unpaired) electrons. The molecular formula is C17H20O. The predicted molar refractivity (Wildman–Crippen MR) is 76.8 cm³/mol. The Kier molecular flexibility index (Phi) is 4.40. The minimum Gasteiger partial charge on any atom is -0.493 e. The average Bonchev–Trinajstić information content (AvgIpc) is 2.46. The molecule has 1 heteroatoms. The van der Waals surface area contributed by atoms with E-state index >= 15 is 0 Å². The first-order valence-electron chi connectivity index (χ1n) is 6.58. The SMILES string of the molecule is CC[C@H](C)COc1ccc(-c2ccccc2)cc1. The van der Waals surface area contributed by atoms with Crippen molar-refractivity contribution in [1.29, 1.82) is 0 Å². The van der Waals surface area contributed by atoms with Gasteiger partial charge in [-0.05, 0) is 29.2 Å². The van der Waals surface area contributed by atoms with Crippen molar-refractivity contribution in [2.24, 2.45) is 5.92 Å². The van der Waals surface area contributed by atoms with Gasteiger partial charge in [0.15, 0.2) is 0 Å². The summed E-state index contributed by atoms with van der Waals surface area (Å²) >= 11 is 0. The maximum absolute atomic E-state index is 5.75. The summed E-state index contributed by atoms with van der Waals surface area (Å²) in [6, 6.07) is 18.7. The van der Waals surface area contributed by atoms with E-state index < -0.39 is 0 Å². The van der Waals surface area contributed by atoms with Gasteiger partial charge in [0.1, 0.15) is 5.75 Å². The lowest BCUT2D eigenvalue weighted by atomic mass is 10.1. The Labute approximate surface area is 109 Å². The van der Waals surface area contributed by atoms with Crippen LogP contribution in [-0.4, -0.2) is 6.61 Å². The summed E-state index contributed by atoms with van der Waals surface area (Å²) in [5.41, 5.74) is 2.47. The lowest BCUT2D eigenvalue weighted by molar-refractivity contribution is 0.256. The summed E-state index contributed by atoms with van der Waals surface area (Å²) in [5.74, 6) is 1.56. The number of hydrogen-bond donors (Lipinski definition) is 0. The van der Waals surface area contributed by atoms with Gasteiger partial charge in [-0.3, -0.25) is 0 Å². The van der Waals surface area contributed by atoms with Crippen LogP contribution in [-0.2, 0) is 0 Å². The Morgan fingerprint density at radius 1 is 0.889 bits per heavy atom. The van der Waals surface area contributed by atoms with Crippen LogP contribution in [0.3, 0.4) is 0 Å². The van der Waals surface area contributed by atoms with Gasteiger partial charge in [0.25, 0.3) is 0 Å². The molecule has 0 aliphatic rings. The van der Waals surface area contributed by atoms with E-state index in [0.29, 0.717) is 5.92 Å². The maximum atomic E-state index is 5.75. The molecule has 0 saturated heterocycles. The van der Waals surface area contributed by atoms with Crippen molar-refractivity contribution in [3.8, 4) is 16.9 Å². The van der Waals surface area contributed by atoms with Crippen LogP contribution in [0.5, 0.6) is 5.75 Å². The Bertz CT molecular complexity index is 459. The summed E-state index contributed by atoms with van der Waals surface area (Å²) in [4.78, 5) is 0. The molecule has 1 nitrogen and oxygen atoms in total. The molecule has 2 aromatic rings. The molecule has 0 aliphatic carbocycles. The van der Waals surface area contributed by atoms with Gasteiger partial charge in [-0.1, -0.05) is 62.7 Å². The summed E-state index contributed by atoms with van der Waals surface area (Å²) in [6.07, 6.45) is 1.15. The second-order valence-electron chi connectivity index (χ2n) is 4.71. The Morgan fingerprint density at radius 3 is 2.11 bits per heavy atom. The molecule has 0 fully saturated rings. The molecule has 1 atom stereocenters. The first kappa shape index (κ1) is 12.7. The van der Waals surface area contributed by atoms with Crippen LogP contribution in [0.2, 0.25) is 0 Å². The lowest BCUT2D eigenvalue weighted by Crippen LogP contribution is -2.06. The molecular weight excluding hydrogens is 220 g/mol. The first-order valence-corrected chi connectivity index (χ1v) is 6.58. The zero-order chi connectivity index (χ0) is 12.8. The minimum atomic E-state index is 0.610. The zero-order valence-corrected chi connectivity index (χ0v) is 11.1. The van der Waals surface area contributed by atoms with E-state index in [-0.39, 0.29) is 0 Å². The van der Waals surface area contributed by atoms with Crippen molar-refractivity contribution in [2.75, 3.05) is 6.61 Å². The van der Waals surface area contributed by atoms with Crippen LogP contribution < -0.4 is 4.74 Å². The maximum Gasteiger partial charge on any atom is 0.119 e. The molecule has 2 rings (SSSR count). The highest BCUT2D eigenvalue weighted by Gasteiger charge is 2.01. The van der Waals surface area contributed by atoms with E-state index in [2.05, 4.69) is 50.2 Å². The van der Waals surface area contributed by atoms with Crippen molar-refractivity contribution < 1.29 is 4.74 Å². The van der Waals surface area contributed by atoms with Crippen LogP contribution >= 0.6 is 0 Å². The van der Waals surface area contributed by atoms with Crippen LogP contribution in [0.15, 0.2) is 54.6 Å². The number of ether oxygens (including phenoxy) is 1. The fraction of sp³-hybridized carbons (Fsp3) is 0.294. The van der Waals surface area contributed by atoms with Crippen LogP contribution in [0.4, 0.5) is 0 Å². The smallest absolute Gasteiger partial charge is 0.119 e. The molecule has 94 valence electrons. The fourth-order valence-electron chi connectivity index (χ4n) is 1.73. The van der Waals surface area contributed by atoms with Gasteiger partial charge in [-0.25, -0.2) is 0 Å². The molecule has 18 heavy (non-hydrogen) atoms. The minimum absolute atomic E-state index is 0.610. The average molecular weight is 240 g/mol. The van der Waals surface area contributed by atoms with E-state index in [1.807, 2.05) is 18.2 Å². The highest BCUT2D eigenvalue weighted by Crippen LogP contribution is 2.22. The van der Waals surface area contributed by atoms with Gasteiger partial charge < -0.3 is 4.74 Å². The molecule has 0 N–H and O–H groups in total. The van der Waals surface area contributed by atoms with E-state index in [1.54, 1.807) is 0 Å². The largest absolute Gasteiger partial charge is 0.493 e. The Morgan fingerprint density at radius 2 is 1.50 bits per heavy atom. The van der Waals surface area contributed by atoms with Crippen LogP contribution in [0.1, 0.15) is 20.3 Å². The van der Waals surface area contributed by atoms with E-state index in [9.17, 15) is 0 Å². The fourth-order valence-corrected chi connectivity index (χ4v) is 1.73. The number of hydrogen-bond acceptors (Lipinski definition) is 1. The standard InChI is InChI=1S/C17H20O/c1-3-14(2)13-18-17-11-9-16(10-12-17)15-7-5-4-6-8-15/h4-12,14H,3,13H2,1-2H3/t14-/m0/s1. The monoisotopic (exact) mass is 240 g/mol. The summed E-state index contributed by atoms with van der Waals surface area (Å²) in [5, 5.41) is 0. The molecule has 2 aromatic carbocycles. The highest BCUT2D eigenvalue weighted by atomic mass is 16.5. The van der Waals surface area contributed by atoms with E-state index in [1.165, 1.54) is 11.1 Å². The lowest BCUT2D eigenvalue weighted by Gasteiger charge is -2.11. The van der Waals surface area contributed by atoms with Gasteiger partial charge in [0.05, 0.1) is 6.61 Å². The molecule has 0 amide bonds. The molecule has 0 unspecified atom stereocenters. The summed E-state index contributed by atoms with van der Waals surface area (Å²) < 4.78 is 5.75. The molecule has 0 heterocycles. The molecule has 0 spiro atoms. The number of benzene rings is 2. The summed E-state index contributed by atoms with van der Waals surface area (Å²) in [7, 11) is 0. The second-order valence-corrected chi connectivity index (χ2v) is 4.71. The summed E-state index contributed by atoms with van der Waals surface area (Å²) in [6.45, 7) is 5.19. The Hall–Kier alpha value is -1.76. The van der Waals surface area contributed by atoms with Crippen molar-refractivity contribution in [2.45, 2.75) is 20.3 Å². The highest BCUT2D eigenvalue weighted by molar-refractivity contribution is 5.63. The second kappa shape index (κ2) is 6.25. The molecule has 0 aromatic heterocycles. The predicted octanol–water partition coefficient (Wildman–Crippen LogP) is 4.78. The van der Waals surface area contributed by atoms with E-state index in [0.717, 1.165) is 18.8 Å². The first-order chi connectivity index (χ1) is 8.79. The van der Waals surface area contributed by atoms with Gasteiger partial charge in [-0.15, -0.1) is 0 Å². The van der Waals surface area contributed by atoms with Crippen molar-refractivity contribution in [1.82, 2.24) is 0 Å². The molecule has 0 bridgehead atoms. The van der Waals surface area contributed by atoms with Gasteiger partial charge in [-0.2, -0.15) is 0 Å². The normalized spacial score (nSPS) is 12.1. The van der Waals surface area contributed by atoms with Crippen LogP contribution in [0.25, 0.3) is 11.1 Å². The molecule has 0 aliphatic heterocycles. The van der Waals surface area contributed by atoms with Gasteiger partial charge in [0, 0.05) is 0 Å². The molecule has 0 saturated carbocycles. The van der Waals surface area contributed by atoms with Gasteiger partial charge >= 0.3 is 0 Å². The van der Waals surface area contributed by atoms with Gasteiger partial charge in [0.2, 0.25) is 0 Å². The van der Waals surface area contributed by atoms with Crippen molar-refractivity contribution in [3.63, 3.8) is 0 Å².